The van der Waals surface area contributed by atoms with Gasteiger partial charge in [-0.05, 0) is 30.0 Å². The summed E-state index contributed by atoms with van der Waals surface area (Å²) >= 11 is 1.53. The first-order valence-corrected chi connectivity index (χ1v) is 6.99. The maximum absolute atomic E-state index is 12.3. The summed E-state index contributed by atoms with van der Waals surface area (Å²) in [6.45, 7) is 0. The van der Waals surface area contributed by atoms with Crippen LogP contribution in [0.1, 0.15) is 11.3 Å². The number of carbonyl (C=O) groups is 1. The molecule has 0 aliphatic rings. The molecule has 0 unspecified atom stereocenters. The second-order valence-electron chi connectivity index (χ2n) is 4.17. The minimum absolute atomic E-state index is 0.00556. The van der Waals surface area contributed by atoms with Crippen molar-refractivity contribution in [1.82, 2.24) is 0 Å². The molecule has 7 heteroatoms. The lowest BCUT2D eigenvalue weighted by Gasteiger charge is -2.13. The lowest BCUT2D eigenvalue weighted by Crippen LogP contribution is -2.19. The van der Waals surface area contributed by atoms with Crippen LogP contribution in [-0.4, -0.2) is 12.3 Å². The highest BCUT2D eigenvalue weighted by Gasteiger charge is 2.32. The first kappa shape index (κ1) is 15.4. The summed E-state index contributed by atoms with van der Waals surface area (Å²) < 4.78 is 40.6. The first-order valence-electron chi connectivity index (χ1n) is 6.11. The van der Waals surface area contributed by atoms with Crippen LogP contribution in [-0.2, 0) is 11.2 Å². The third kappa shape index (κ3) is 5.11. The van der Waals surface area contributed by atoms with Crippen LogP contribution >= 0.6 is 11.3 Å². The van der Waals surface area contributed by atoms with Gasteiger partial charge in [0.1, 0.15) is 0 Å². The van der Waals surface area contributed by atoms with E-state index >= 15 is 0 Å². The molecule has 1 heterocycles. The van der Waals surface area contributed by atoms with Crippen LogP contribution in [0.2, 0.25) is 0 Å². The third-order valence-corrected chi connectivity index (χ3v) is 3.50. The summed E-state index contributed by atoms with van der Waals surface area (Å²) in [6.07, 6.45) is -4.05. The van der Waals surface area contributed by atoms with Crippen LogP contribution in [0.5, 0.6) is 5.75 Å². The van der Waals surface area contributed by atoms with Gasteiger partial charge in [-0.3, -0.25) is 4.79 Å². The molecule has 0 saturated carbocycles. The molecule has 0 bridgehead atoms. The van der Waals surface area contributed by atoms with E-state index in [2.05, 4.69) is 10.1 Å². The number of hydrogen-bond donors (Lipinski definition) is 1. The highest BCUT2D eigenvalue weighted by atomic mass is 32.1. The van der Waals surface area contributed by atoms with E-state index in [1.54, 1.807) is 0 Å². The lowest BCUT2D eigenvalue weighted by atomic mass is 10.2. The summed E-state index contributed by atoms with van der Waals surface area (Å²) in [6, 6.07) is 9.23. The van der Waals surface area contributed by atoms with Crippen molar-refractivity contribution in [1.29, 1.82) is 0 Å². The molecular formula is C14H12F3NO2S. The van der Waals surface area contributed by atoms with E-state index < -0.39 is 12.1 Å². The zero-order chi connectivity index (χ0) is 15.3. The summed E-state index contributed by atoms with van der Waals surface area (Å²) in [7, 11) is 0. The lowest BCUT2D eigenvalue weighted by molar-refractivity contribution is -0.274. The largest absolute Gasteiger partial charge is 0.573 e. The Bertz CT molecular complexity index is 597. The van der Waals surface area contributed by atoms with Crippen LogP contribution in [0.3, 0.4) is 0 Å². The second kappa shape index (κ2) is 6.62. The number of alkyl halides is 3. The van der Waals surface area contributed by atoms with E-state index in [1.807, 2.05) is 17.5 Å². The number of aryl methyl sites for hydroxylation is 1. The van der Waals surface area contributed by atoms with E-state index in [0.29, 0.717) is 6.42 Å². The van der Waals surface area contributed by atoms with Crippen molar-refractivity contribution in [3.63, 3.8) is 0 Å². The molecule has 1 amide bonds. The normalized spacial score (nSPS) is 11.2. The van der Waals surface area contributed by atoms with Gasteiger partial charge in [-0.15, -0.1) is 24.5 Å². The smallest absolute Gasteiger partial charge is 0.404 e. The molecule has 0 saturated heterocycles. The van der Waals surface area contributed by atoms with Crippen molar-refractivity contribution in [3.8, 4) is 5.75 Å². The van der Waals surface area contributed by atoms with Gasteiger partial charge in [0.05, 0.1) is 5.69 Å². The van der Waals surface area contributed by atoms with Crippen molar-refractivity contribution in [2.24, 2.45) is 0 Å². The summed E-state index contributed by atoms with van der Waals surface area (Å²) in [5.41, 5.74) is 0.00556. The van der Waals surface area contributed by atoms with E-state index in [0.717, 1.165) is 10.9 Å². The van der Waals surface area contributed by atoms with Crippen LogP contribution in [0.25, 0.3) is 0 Å². The Labute approximate surface area is 123 Å². The fourth-order valence-corrected chi connectivity index (χ4v) is 2.40. The fraction of sp³-hybridized carbons (Fsp3) is 0.214. The van der Waals surface area contributed by atoms with Crippen molar-refractivity contribution >= 4 is 22.9 Å². The van der Waals surface area contributed by atoms with Gasteiger partial charge in [0.25, 0.3) is 0 Å². The average molecular weight is 315 g/mol. The molecule has 1 aromatic carbocycles. The Kier molecular flexibility index (Phi) is 4.85. The topological polar surface area (TPSA) is 38.3 Å². The second-order valence-corrected chi connectivity index (χ2v) is 5.20. The number of amides is 1. The molecule has 0 spiro atoms. The molecule has 0 aliphatic carbocycles. The van der Waals surface area contributed by atoms with Gasteiger partial charge in [-0.2, -0.15) is 0 Å². The maximum Gasteiger partial charge on any atom is 0.573 e. The molecule has 0 aliphatic heterocycles. The molecular weight excluding hydrogens is 303 g/mol. The van der Waals surface area contributed by atoms with Crippen molar-refractivity contribution in [2.45, 2.75) is 19.2 Å². The zero-order valence-electron chi connectivity index (χ0n) is 10.8. The van der Waals surface area contributed by atoms with E-state index in [4.69, 9.17) is 0 Å². The molecule has 0 radical (unpaired) electrons. The number of ether oxygens (including phenoxy) is 1. The zero-order valence-corrected chi connectivity index (χ0v) is 11.6. The molecule has 112 valence electrons. The summed E-state index contributed by atoms with van der Waals surface area (Å²) in [4.78, 5) is 12.8. The highest BCUT2D eigenvalue weighted by Crippen LogP contribution is 2.30. The molecule has 1 aromatic heterocycles. The monoisotopic (exact) mass is 315 g/mol. The van der Waals surface area contributed by atoms with E-state index in [9.17, 15) is 18.0 Å². The van der Waals surface area contributed by atoms with Crippen LogP contribution < -0.4 is 10.1 Å². The Morgan fingerprint density at radius 2 is 1.95 bits per heavy atom. The van der Waals surface area contributed by atoms with E-state index in [1.165, 1.54) is 29.5 Å². The van der Waals surface area contributed by atoms with Crippen molar-refractivity contribution in [2.75, 3.05) is 5.32 Å². The molecule has 0 fully saturated rings. The quantitative estimate of drug-likeness (QED) is 0.897. The number of para-hydroxylation sites is 2. The van der Waals surface area contributed by atoms with Gasteiger partial charge < -0.3 is 10.1 Å². The number of halogens is 3. The van der Waals surface area contributed by atoms with Gasteiger partial charge >= 0.3 is 6.36 Å². The molecule has 0 atom stereocenters. The van der Waals surface area contributed by atoms with Crippen molar-refractivity contribution < 1.29 is 22.7 Å². The standard InChI is InChI=1S/C14H12F3NO2S/c15-14(16,17)20-12-6-2-1-5-11(12)18-13(19)8-7-10-4-3-9-21-10/h1-6,9H,7-8H2,(H,18,19). The van der Waals surface area contributed by atoms with Gasteiger partial charge in [-0.1, -0.05) is 18.2 Å². The van der Waals surface area contributed by atoms with Crippen LogP contribution in [0.4, 0.5) is 18.9 Å². The molecule has 2 aromatic rings. The summed E-state index contributed by atoms with van der Waals surface area (Å²) in [5.74, 6) is -0.781. The highest BCUT2D eigenvalue weighted by molar-refractivity contribution is 7.09. The third-order valence-electron chi connectivity index (χ3n) is 2.57. The van der Waals surface area contributed by atoms with Crippen LogP contribution in [0.15, 0.2) is 41.8 Å². The van der Waals surface area contributed by atoms with Crippen molar-refractivity contribution in [3.05, 3.63) is 46.7 Å². The number of anilines is 1. The first-order chi connectivity index (χ1) is 9.94. The number of nitrogens with one attached hydrogen (secondary N) is 1. The molecule has 1 N–H and O–H groups in total. The Balaban J connectivity index is 1.97. The average Bonchev–Trinajstić information content (AvgIpc) is 2.90. The minimum Gasteiger partial charge on any atom is -0.404 e. The Morgan fingerprint density at radius 3 is 2.62 bits per heavy atom. The number of thiophene rings is 1. The number of carbonyl (C=O) groups excluding carboxylic acids is 1. The van der Waals surface area contributed by atoms with Gasteiger partial charge in [0.2, 0.25) is 5.91 Å². The van der Waals surface area contributed by atoms with Gasteiger partial charge in [-0.25, -0.2) is 0 Å². The SMILES string of the molecule is O=C(CCc1cccs1)Nc1ccccc1OC(F)(F)F. The Hall–Kier alpha value is -2.02. The van der Waals surface area contributed by atoms with Gasteiger partial charge in [0, 0.05) is 11.3 Å². The predicted octanol–water partition coefficient (Wildman–Crippen LogP) is 4.22. The molecule has 21 heavy (non-hydrogen) atoms. The maximum atomic E-state index is 12.3. The predicted molar refractivity (Wildman–Crippen MR) is 74.4 cm³/mol. The van der Waals surface area contributed by atoms with E-state index in [-0.39, 0.29) is 18.0 Å². The summed E-state index contributed by atoms with van der Waals surface area (Å²) in [5, 5.41) is 4.34. The number of hydrogen-bond acceptors (Lipinski definition) is 3. The Morgan fingerprint density at radius 1 is 1.19 bits per heavy atom. The minimum atomic E-state index is -4.79. The van der Waals surface area contributed by atoms with Gasteiger partial charge in [0.15, 0.2) is 5.75 Å². The van der Waals surface area contributed by atoms with Crippen LogP contribution in [0, 0.1) is 0 Å². The number of benzene rings is 1. The fourth-order valence-electron chi connectivity index (χ4n) is 1.69. The molecule has 3 nitrogen and oxygen atoms in total. The molecule has 2 rings (SSSR count). The number of rotatable bonds is 5.